The highest BCUT2D eigenvalue weighted by atomic mass is 19.4. The molecule has 172 valence electrons. The molecule has 0 radical (unpaired) electrons. The molecule has 1 aliphatic heterocycles. The summed E-state index contributed by atoms with van der Waals surface area (Å²) in [7, 11) is 1.63. The number of hydrogen-bond donors (Lipinski definition) is 0. The van der Waals surface area contributed by atoms with Crippen molar-refractivity contribution in [1.82, 2.24) is 28.6 Å². The van der Waals surface area contributed by atoms with Crippen molar-refractivity contribution in [3.8, 4) is 11.3 Å². The van der Waals surface area contributed by atoms with Gasteiger partial charge in [0.2, 0.25) is 5.91 Å². The zero-order valence-electron chi connectivity index (χ0n) is 17.8. The van der Waals surface area contributed by atoms with E-state index in [4.69, 9.17) is 4.98 Å². The first-order valence-corrected chi connectivity index (χ1v) is 10.6. The van der Waals surface area contributed by atoms with Crippen LogP contribution < -0.4 is 5.69 Å². The molecule has 5 heterocycles. The second-order valence-corrected chi connectivity index (χ2v) is 8.27. The minimum atomic E-state index is -4.56. The molecule has 11 heteroatoms. The quantitative estimate of drug-likeness (QED) is 0.473. The highest BCUT2D eigenvalue weighted by Gasteiger charge is 2.36. The highest BCUT2D eigenvalue weighted by molar-refractivity contribution is 5.82. The summed E-state index contributed by atoms with van der Waals surface area (Å²) >= 11 is 0. The van der Waals surface area contributed by atoms with Gasteiger partial charge in [0, 0.05) is 31.9 Å². The number of alkyl halides is 3. The molecule has 4 aromatic rings. The van der Waals surface area contributed by atoms with Gasteiger partial charge in [-0.2, -0.15) is 18.3 Å². The summed E-state index contributed by atoms with van der Waals surface area (Å²) in [5.41, 5.74) is 3.01. The van der Waals surface area contributed by atoms with E-state index in [1.54, 1.807) is 23.8 Å². The van der Waals surface area contributed by atoms with Gasteiger partial charge in [-0.25, -0.2) is 14.3 Å². The molecule has 0 bridgehead atoms. The van der Waals surface area contributed by atoms with Gasteiger partial charge in [-0.05, 0) is 37.1 Å². The molecule has 0 unspecified atom stereocenters. The molecule has 8 nitrogen and oxygen atoms in total. The smallest absolute Gasteiger partial charge is 0.340 e. The summed E-state index contributed by atoms with van der Waals surface area (Å²) in [4.78, 5) is 31.2. The van der Waals surface area contributed by atoms with Crippen LogP contribution in [-0.2, 0) is 11.8 Å². The third-order valence-corrected chi connectivity index (χ3v) is 6.11. The second-order valence-electron chi connectivity index (χ2n) is 8.27. The summed E-state index contributed by atoms with van der Waals surface area (Å²) in [6, 6.07) is 8.83. The Morgan fingerprint density at radius 1 is 1.18 bits per heavy atom. The number of nitrogens with zero attached hydrogens (tertiary/aromatic N) is 6. The third-order valence-electron chi connectivity index (χ3n) is 6.11. The number of aryl methyl sites for hydroxylation is 1. The lowest BCUT2D eigenvalue weighted by Crippen LogP contribution is -2.44. The number of aromatic nitrogens is 5. The fourth-order valence-corrected chi connectivity index (χ4v) is 4.52. The summed E-state index contributed by atoms with van der Waals surface area (Å²) < 4.78 is 42.9. The predicted octanol–water partition coefficient (Wildman–Crippen LogP) is 3.17. The molecule has 0 aromatic carbocycles. The molecule has 1 amide bonds. The molecular formula is C22H21F3N6O2. The molecule has 1 saturated heterocycles. The van der Waals surface area contributed by atoms with Crippen LogP contribution in [0.2, 0.25) is 0 Å². The number of hydrogen-bond acceptors (Lipinski definition) is 4. The minimum absolute atomic E-state index is 0.0382. The maximum atomic E-state index is 13.1. The van der Waals surface area contributed by atoms with E-state index >= 15 is 0 Å². The molecule has 1 aliphatic rings. The van der Waals surface area contributed by atoms with Crippen LogP contribution in [0, 0.1) is 0 Å². The van der Waals surface area contributed by atoms with Crippen molar-refractivity contribution in [2.24, 2.45) is 7.05 Å². The van der Waals surface area contributed by atoms with Gasteiger partial charge in [-0.1, -0.05) is 6.07 Å². The Morgan fingerprint density at radius 2 is 2.00 bits per heavy atom. The van der Waals surface area contributed by atoms with Gasteiger partial charge in [-0.3, -0.25) is 13.9 Å². The molecule has 0 aliphatic carbocycles. The molecule has 5 rings (SSSR count). The van der Waals surface area contributed by atoms with Crippen molar-refractivity contribution in [3.63, 3.8) is 0 Å². The number of fused-ring (bicyclic) bond motifs is 2. The van der Waals surface area contributed by atoms with Gasteiger partial charge in [0.25, 0.3) is 0 Å². The Bertz CT molecular complexity index is 1420. The Morgan fingerprint density at radius 3 is 2.79 bits per heavy atom. The van der Waals surface area contributed by atoms with Gasteiger partial charge < -0.3 is 4.90 Å². The molecule has 33 heavy (non-hydrogen) atoms. The van der Waals surface area contributed by atoms with E-state index < -0.39 is 24.5 Å². The van der Waals surface area contributed by atoms with Gasteiger partial charge in [0.05, 0.1) is 29.0 Å². The van der Waals surface area contributed by atoms with Crippen LogP contribution >= 0.6 is 0 Å². The number of pyridine rings is 2. The van der Waals surface area contributed by atoms with Crippen LogP contribution in [0.1, 0.15) is 25.3 Å². The second kappa shape index (κ2) is 7.75. The van der Waals surface area contributed by atoms with E-state index in [-0.39, 0.29) is 18.8 Å². The molecule has 1 atom stereocenters. The average Bonchev–Trinajstić information content (AvgIpc) is 3.32. The van der Waals surface area contributed by atoms with E-state index in [0.29, 0.717) is 29.7 Å². The van der Waals surface area contributed by atoms with E-state index in [1.807, 2.05) is 30.5 Å². The normalized spacial score (nSPS) is 17.2. The number of piperidine rings is 1. The number of rotatable bonds is 3. The lowest BCUT2D eigenvalue weighted by atomic mass is 10.0. The van der Waals surface area contributed by atoms with Crippen LogP contribution in [0.5, 0.6) is 0 Å². The first-order chi connectivity index (χ1) is 15.7. The van der Waals surface area contributed by atoms with Gasteiger partial charge in [-0.15, -0.1) is 0 Å². The number of imidazole rings is 1. The van der Waals surface area contributed by atoms with Crippen LogP contribution in [0.3, 0.4) is 0 Å². The number of amides is 1. The van der Waals surface area contributed by atoms with Crippen molar-refractivity contribution >= 4 is 22.6 Å². The number of halogens is 3. The summed E-state index contributed by atoms with van der Waals surface area (Å²) in [5.74, 6) is -0.972. The summed E-state index contributed by atoms with van der Waals surface area (Å²) in [6.07, 6.45) is -1.47. The maximum Gasteiger partial charge on any atom is 0.397 e. The van der Waals surface area contributed by atoms with E-state index in [9.17, 15) is 22.8 Å². The van der Waals surface area contributed by atoms with Crippen LogP contribution in [0.4, 0.5) is 13.2 Å². The Kier molecular flexibility index (Phi) is 4.98. The zero-order chi connectivity index (χ0) is 23.3. The van der Waals surface area contributed by atoms with Gasteiger partial charge >= 0.3 is 11.9 Å². The van der Waals surface area contributed by atoms with Crippen LogP contribution in [0.15, 0.2) is 47.5 Å². The SMILES string of the molecule is Cn1c(=O)n([C@H]2CCCN(C(=O)CC(F)(F)F)C2)c2nc(-c3cnn4ccccc34)ccc21. The van der Waals surface area contributed by atoms with Crippen molar-refractivity contribution < 1.29 is 18.0 Å². The maximum absolute atomic E-state index is 13.1. The van der Waals surface area contributed by atoms with Crippen molar-refractivity contribution in [1.29, 1.82) is 0 Å². The largest absolute Gasteiger partial charge is 0.397 e. The summed E-state index contributed by atoms with van der Waals surface area (Å²) in [6.45, 7) is 0.280. The number of likely N-dealkylation sites (tertiary alicyclic amines) is 1. The monoisotopic (exact) mass is 458 g/mol. The van der Waals surface area contributed by atoms with E-state index in [2.05, 4.69) is 5.10 Å². The van der Waals surface area contributed by atoms with Gasteiger partial charge in [0.15, 0.2) is 5.65 Å². The third kappa shape index (κ3) is 3.77. The Balaban J connectivity index is 1.55. The average molecular weight is 458 g/mol. The van der Waals surface area contributed by atoms with Crippen molar-refractivity contribution in [2.75, 3.05) is 13.1 Å². The molecule has 0 spiro atoms. The Hall–Kier alpha value is -3.63. The standard InChI is InChI=1S/C22H21F3N6O2/c1-28-18-8-7-16(15-12-26-30-10-3-2-6-17(15)30)27-20(18)31(21(28)33)14-5-4-9-29(13-14)19(32)11-22(23,24)25/h2-3,6-8,10,12,14H,4-5,9,11,13H2,1H3/t14-/m0/s1. The fraction of sp³-hybridized carbons (Fsp3) is 0.364. The van der Waals surface area contributed by atoms with E-state index in [0.717, 1.165) is 11.1 Å². The predicted molar refractivity (Wildman–Crippen MR) is 115 cm³/mol. The molecular weight excluding hydrogens is 437 g/mol. The summed E-state index contributed by atoms with van der Waals surface area (Å²) in [5, 5.41) is 4.34. The zero-order valence-corrected chi connectivity index (χ0v) is 17.8. The molecule has 0 saturated carbocycles. The van der Waals surface area contributed by atoms with Crippen LogP contribution in [0.25, 0.3) is 27.9 Å². The number of carbonyl (C=O) groups is 1. The van der Waals surface area contributed by atoms with Crippen LogP contribution in [-0.4, -0.2) is 53.8 Å². The van der Waals surface area contributed by atoms with Gasteiger partial charge in [0.1, 0.15) is 6.42 Å². The first kappa shape index (κ1) is 21.2. The lowest BCUT2D eigenvalue weighted by molar-refractivity contribution is -0.162. The lowest BCUT2D eigenvalue weighted by Gasteiger charge is -2.33. The highest BCUT2D eigenvalue weighted by Crippen LogP contribution is 2.29. The molecule has 1 fully saturated rings. The fourth-order valence-electron chi connectivity index (χ4n) is 4.52. The van der Waals surface area contributed by atoms with Crippen molar-refractivity contribution in [3.05, 3.63) is 53.2 Å². The number of carbonyl (C=O) groups excluding carboxylic acids is 1. The molecule has 0 N–H and O–H groups in total. The van der Waals surface area contributed by atoms with E-state index in [1.165, 1.54) is 14.0 Å². The van der Waals surface area contributed by atoms with Crippen molar-refractivity contribution in [2.45, 2.75) is 31.5 Å². The minimum Gasteiger partial charge on any atom is -0.340 e. The Labute approximate surface area is 185 Å². The first-order valence-electron chi connectivity index (χ1n) is 10.6. The topological polar surface area (TPSA) is 77.4 Å². The molecule has 4 aromatic heterocycles.